The Kier molecular flexibility index (Phi) is 5.65. The fourth-order valence-corrected chi connectivity index (χ4v) is 1.54. The van der Waals surface area contributed by atoms with Crippen LogP contribution in [0.15, 0.2) is 24.3 Å². The molecular weight excluding hydrogens is 232 g/mol. The van der Waals surface area contributed by atoms with Gasteiger partial charge in [-0.15, -0.1) is 0 Å². The number of methoxy groups -OCH3 is 1. The van der Waals surface area contributed by atoms with E-state index in [0.717, 1.165) is 11.3 Å². The molecule has 0 amide bonds. The average molecular weight is 252 g/mol. The molecule has 0 saturated carbocycles. The predicted octanol–water partition coefficient (Wildman–Crippen LogP) is 2.36. The van der Waals surface area contributed by atoms with E-state index in [0.29, 0.717) is 18.9 Å². The Morgan fingerprint density at radius 3 is 2.67 bits per heavy atom. The first-order valence-electron chi connectivity index (χ1n) is 6.00. The highest BCUT2D eigenvalue weighted by Gasteiger charge is 2.19. The molecule has 1 rings (SSSR count). The Balaban J connectivity index is 2.67. The Morgan fingerprint density at radius 2 is 2.11 bits per heavy atom. The van der Waals surface area contributed by atoms with Crippen molar-refractivity contribution in [3.8, 4) is 5.75 Å². The fourth-order valence-electron chi connectivity index (χ4n) is 1.54. The van der Waals surface area contributed by atoms with Gasteiger partial charge in [-0.05, 0) is 23.6 Å². The van der Waals surface area contributed by atoms with Gasteiger partial charge in [0.15, 0.2) is 6.10 Å². The van der Waals surface area contributed by atoms with Gasteiger partial charge in [-0.25, -0.2) is 4.79 Å². The van der Waals surface area contributed by atoms with Gasteiger partial charge in [-0.1, -0.05) is 26.0 Å². The van der Waals surface area contributed by atoms with Gasteiger partial charge in [0, 0.05) is 6.42 Å². The quantitative estimate of drug-likeness (QED) is 0.809. The summed E-state index contributed by atoms with van der Waals surface area (Å²) in [6.07, 6.45) is -0.460. The van der Waals surface area contributed by atoms with Crippen molar-refractivity contribution in [3.05, 3.63) is 29.8 Å². The third-order valence-corrected chi connectivity index (χ3v) is 2.46. The first-order valence-corrected chi connectivity index (χ1v) is 6.00. The van der Waals surface area contributed by atoms with Crippen LogP contribution in [0.25, 0.3) is 0 Å². The third-order valence-electron chi connectivity index (χ3n) is 2.46. The smallest absolute Gasteiger partial charge is 0.333 e. The number of carboxylic acid groups (broad SMARTS) is 1. The van der Waals surface area contributed by atoms with E-state index in [1.165, 1.54) is 0 Å². The molecule has 1 aromatic rings. The Hall–Kier alpha value is -1.55. The molecule has 1 unspecified atom stereocenters. The van der Waals surface area contributed by atoms with E-state index >= 15 is 0 Å². The third kappa shape index (κ3) is 4.75. The van der Waals surface area contributed by atoms with Gasteiger partial charge in [-0.3, -0.25) is 0 Å². The summed E-state index contributed by atoms with van der Waals surface area (Å²) in [4.78, 5) is 11.1. The highest BCUT2D eigenvalue weighted by atomic mass is 16.5. The standard InChI is InChI=1S/C14H20O4/c1-10(2)9-18-13(14(15)16)8-11-5-4-6-12(7-11)17-3/h4-7,10,13H,8-9H2,1-3H3,(H,15,16). The molecule has 1 atom stereocenters. The highest BCUT2D eigenvalue weighted by molar-refractivity contribution is 5.72. The molecular formula is C14H20O4. The molecule has 4 heteroatoms. The van der Waals surface area contributed by atoms with Crippen LogP contribution < -0.4 is 4.74 Å². The van der Waals surface area contributed by atoms with Gasteiger partial charge < -0.3 is 14.6 Å². The molecule has 0 aliphatic rings. The van der Waals surface area contributed by atoms with E-state index in [9.17, 15) is 4.79 Å². The summed E-state index contributed by atoms with van der Waals surface area (Å²) in [5, 5.41) is 9.12. The average Bonchev–Trinajstić information content (AvgIpc) is 2.34. The molecule has 1 aromatic carbocycles. The number of carboxylic acids is 1. The molecule has 0 fully saturated rings. The molecule has 4 nitrogen and oxygen atoms in total. The number of ether oxygens (including phenoxy) is 2. The Bertz CT molecular complexity index is 387. The van der Waals surface area contributed by atoms with Crippen molar-refractivity contribution in [2.24, 2.45) is 5.92 Å². The lowest BCUT2D eigenvalue weighted by Crippen LogP contribution is -2.28. The van der Waals surface area contributed by atoms with Gasteiger partial charge in [0.1, 0.15) is 5.75 Å². The summed E-state index contributed by atoms with van der Waals surface area (Å²) < 4.78 is 10.5. The van der Waals surface area contributed by atoms with Crippen LogP contribution in [0.5, 0.6) is 5.75 Å². The minimum absolute atomic E-state index is 0.317. The SMILES string of the molecule is COc1cccc(CC(OCC(C)C)C(=O)O)c1. The van der Waals surface area contributed by atoms with Crippen molar-refractivity contribution in [2.45, 2.75) is 26.4 Å². The predicted molar refractivity (Wildman–Crippen MR) is 68.9 cm³/mol. The highest BCUT2D eigenvalue weighted by Crippen LogP contribution is 2.15. The molecule has 18 heavy (non-hydrogen) atoms. The van der Waals surface area contributed by atoms with E-state index in [1.54, 1.807) is 7.11 Å². The van der Waals surface area contributed by atoms with Crippen LogP contribution >= 0.6 is 0 Å². The van der Waals surface area contributed by atoms with E-state index in [-0.39, 0.29) is 0 Å². The Labute approximate surface area is 108 Å². The van der Waals surface area contributed by atoms with Crippen molar-refractivity contribution in [3.63, 3.8) is 0 Å². The second-order valence-electron chi connectivity index (χ2n) is 4.61. The number of benzene rings is 1. The molecule has 100 valence electrons. The van der Waals surface area contributed by atoms with Crippen LogP contribution in [-0.4, -0.2) is 30.9 Å². The molecule has 0 radical (unpaired) electrons. The monoisotopic (exact) mass is 252 g/mol. The summed E-state index contributed by atoms with van der Waals surface area (Å²) in [6, 6.07) is 7.37. The van der Waals surface area contributed by atoms with Crippen molar-refractivity contribution < 1.29 is 19.4 Å². The minimum atomic E-state index is -0.932. The van der Waals surface area contributed by atoms with Gasteiger partial charge in [0.25, 0.3) is 0 Å². The van der Waals surface area contributed by atoms with Crippen molar-refractivity contribution in [1.29, 1.82) is 0 Å². The van der Waals surface area contributed by atoms with Crippen LogP contribution in [0.2, 0.25) is 0 Å². The first-order chi connectivity index (χ1) is 8.52. The summed E-state index contributed by atoms with van der Waals surface area (Å²) >= 11 is 0. The maximum atomic E-state index is 11.1. The van der Waals surface area contributed by atoms with Crippen LogP contribution in [0, 0.1) is 5.92 Å². The Morgan fingerprint density at radius 1 is 1.39 bits per heavy atom. The second-order valence-corrected chi connectivity index (χ2v) is 4.61. The van der Waals surface area contributed by atoms with Gasteiger partial charge >= 0.3 is 5.97 Å². The van der Waals surface area contributed by atoms with Gasteiger partial charge in [0.2, 0.25) is 0 Å². The van der Waals surface area contributed by atoms with Crippen LogP contribution in [0.3, 0.4) is 0 Å². The maximum Gasteiger partial charge on any atom is 0.333 e. The van der Waals surface area contributed by atoms with Crippen molar-refractivity contribution in [2.75, 3.05) is 13.7 Å². The van der Waals surface area contributed by atoms with Crippen LogP contribution in [0.1, 0.15) is 19.4 Å². The van der Waals surface area contributed by atoms with Crippen molar-refractivity contribution in [1.82, 2.24) is 0 Å². The number of hydrogen-bond donors (Lipinski definition) is 1. The molecule has 1 N–H and O–H groups in total. The summed E-state index contributed by atoms with van der Waals surface area (Å²) in [5.74, 6) is 0.108. The second kappa shape index (κ2) is 7.01. The van der Waals surface area contributed by atoms with Gasteiger partial charge in [0.05, 0.1) is 13.7 Å². The normalized spacial score (nSPS) is 12.4. The van der Waals surface area contributed by atoms with E-state index in [2.05, 4.69) is 0 Å². The number of aliphatic carboxylic acids is 1. The first kappa shape index (κ1) is 14.5. The summed E-state index contributed by atoms with van der Waals surface area (Å²) in [5.41, 5.74) is 0.894. The summed E-state index contributed by atoms with van der Waals surface area (Å²) in [7, 11) is 1.59. The van der Waals surface area contributed by atoms with Crippen LogP contribution in [0.4, 0.5) is 0 Å². The molecule has 0 aliphatic carbocycles. The minimum Gasteiger partial charge on any atom is -0.497 e. The largest absolute Gasteiger partial charge is 0.497 e. The maximum absolute atomic E-state index is 11.1. The lowest BCUT2D eigenvalue weighted by atomic mass is 10.1. The topological polar surface area (TPSA) is 55.8 Å². The van der Waals surface area contributed by atoms with E-state index < -0.39 is 12.1 Å². The zero-order chi connectivity index (χ0) is 13.5. The van der Waals surface area contributed by atoms with Crippen LogP contribution in [-0.2, 0) is 16.0 Å². The zero-order valence-corrected chi connectivity index (χ0v) is 11.1. The number of rotatable bonds is 7. The number of carbonyl (C=O) groups is 1. The molecule has 0 bridgehead atoms. The molecule has 0 heterocycles. The molecule has 0 aromatic heterocycles. The van der Waals surface area contributed by atoms with Gasteiger partial charge in [-0.2, -0.15) is 0 Å². The fraction of sp³-hybridized carbons (Fsp3) is 0.500. The number of hydrogen-bond acceptors (Lipinski definition) is 3. The summed E-state index contributed by atoms with van der Waals surface area (Å²) in [6.45, 7) is 4.43. The van der Waals surface area contributed by atoms with E-state index in [4.69, 9.17) is 14.6 Å². The van der Waals surface area contributed by atoms with Crippen molar-refractivity contribution >= 4 is 5.97 Å². The lowest BCUT2D eigenvalue weighted by molar-refractivity contribution is -0.150. The molecule has 0 saturated heterocycles. The molecule has 0 spiro atoms. The zero-order valence-electron chi connectivity index (χ0n) is 11.1. The molecule has 0 aliphatic heterocycles. The lowest BCUT2D eigenvalue weighted by Gasteiger charge is -2.15. The van der Waals surface area contributed by atoms with E-state index in [1.807, 2.05) is 38.1 Å².